The van der Waals surface area contributed by atoms with Crippen LogP contribution < -0.4 is 11.1 Å². The lowest BCUT2D eigenvalue weighted by molar-refractivity contribution is 0.621. The van der Waals surface area contributed by atoms with Crippen LogP contribution in [0.15, 0.2) is 23.1 Å². The highest BCUT2D eigenvalue weighted by molar-refractivity contribution is 7.99. The van der Waals surface area contributed by atoms with Gasteiger partial charge in [0.05, 0.1) is 5.69 Å². The number of hydrogen-bond acceptors (Lipinski definition) is 3. The number of nitrogens with two attached hydrogens (primary N) is 1. The van der Waals surface area contributed by atoms with Crippen molar-refractivity contribution in [2.24, 2.45) is 5.73 Å². The van der Waals surface area contributed by atoms with Crippen LogP contribution in [0.1, 0.15) is 0 Å². The fourth-order valence-electron chi connectivity index (χ4n) is 1.33. The molecular formula is C9H11FN2S. The first-order chi connectivity index (χ1) is 6.31. The Kier molecular flexibility index (Phi) is 2.42. The van der Waals surface area contributed by atoms with Crippen LogP contribution in [-0.2, 0) is 0 Å². The predicted octanol–water partition coefficient (Wildman–Crippen LogP) is 1.67. The maximum atomic E-state index is 13.3. The van der Waals surface area contributed by atoms with E-state index in [0.29, 0.717) is 12.2 Å². The summed E-state index contributed by atoms with van der Waals surface area (Å²) in [6.45, 7) is 0.542. The van der Waals surface area contributed by atoms with E-state index in [1.165, 1.54) is 6.07 Å². The number of hydrogen-bond donors (Lipinski definition) is 2. The molecule has 1 aliphatic rings. The van der Waals surface area contributed by atoms with E-state index >= 15 is 0 Å². The number of benzene rings is 1. The standard InChI is InChI=1S/C9H11FN2S/c10-7-2-1-3-8-9(7)12-6(4-11)5-13-8/h1-3,6,12H,4-5,11H2. The lowest BCUT2D eigenvalue weighted by Crippen LogP contribution is -2.33. The highest BCUT2D eigenvalue weighted by atomic mass is 32.2. The molecule has 2 rings (SSSR count). The number of halogens is 1. The van der Waals surface area contributed by atoms with Gasteiger partial charge in [-0.1, -0.05) is 6.07 Å². The molecule has 0 saturated heterocycles. The zero-order valence-corrected chi connectivity index (χ0v) is 7.90. The van der Waals surface area contributed by atoms with Crippen LogP contribution in [-0.4, -0.2) is 18.3 Å². The highest BCUT2D eigenvalue weighted by Crippen LogP contribution is 2.34. The summed E-state index contributed by atoms with van der Waals surface area (Å²) in [5, 5.41) is 3.09. The Balaban J connectivity index is 2.32. The number of thioether (sulfide) groups is 1. The van der Waals surface area contributed by atoms with E-state index in [2.05, 4.69) is 5.32 Å². The summed E-state index contributed by atoms with van der Waals surface area (Å²) >= 11 is 1.65. The maximum Gasteiger partial charge on any atom is 0.147 e. The summed E-state index contributed by atoms with van der Waals surface area (Å²) in [5.74, 6) is 0.718. The van der Waals surface area contributed by atoms with Crippen molar-refractivity contribution in [2.45, 2.75) is 10.9 Å². The lowest BCUT2D eigenvalue weighted by atomic mass is 10.2. The molecule has 1 aromatic carbocycles. The molecular weight excluding hydrogens is 187 g/mol. The molecule has 2 nitrogen and oxygen atoms in total. The SMILES string of the molecule is NCC1CSc2cccc(F)c2N1. The molecule has 1 unspecified atom stereocenters. The van der Waals surface area contributed by atoms with Gasteiger partial charge >= 0.3 is 0 Å². The van der Waals surface area contributed by atoms with Crippen molar-refractivity contribution in [1.82, 2.24) is 0 Å². The van der Waals surface area contributed by atoms with Gasteiger partial charge < -0.3 is 11.1 Å². The molecule has 13 heavy (non-hydrogen) atoms. The largest absolute Gasteiger partial charge is 0.377 e. The minimum absolute atomic E-state index is 0.189. The van der Waals surface area contributed by atoms with Crippen molar-refractivity contribution in [3.05, 3.63) is 24.0 Å². The molecule has 0 aromatic heterocycles. The van der Waals surface area contributed by atoms with E-state index in [-0.39, 0.29) is 11.9 Å². The highest BCUT2D eigenvalue weighted by Gasteiger charge is 2.19. The van der Waals surface area contributed by atoms with Gasteiger partial charge in [-0.3, -0.25) is 0 Å². The Morgan fingerprint density at radius 1 is 1.62 bits per heavy atom. The summed E-state index contributed by atoms with van der Waals surface area (Å²) in [4.78, 5) is 0.977. The van der Waals surface area contributed by atoms with Crippen molar-refractivity contribution in [3.63, 3.8) is 0 Å². The van der Waals surface area contributed by atoms with Gasteiger partial charge in [0, 0.05) is 23.2 Å². The molecule has 1 aliphatic heterocycles. The van der Waals surface area contributed by atoms with E-state index in [4.69, 9.17) is 5.73 Å². The molecule has 0 aliphatic carbocycles. The van der Waals surface area contributed by atoms with Gasteiger partial charge in [0.2, 0.25) is 0 Å². The second kappa shape index (κ2) is 3.55. The van der Waals surface area contributed by atoms with Crippen LogP contribution >= 0.6 is 11.8 Å². The fourth-order valence-corrected chi connectivity index (χ4v) is 2.40. The zero-order chi connectivity index (χ0) is 9.26. The molecule has 0 amide bonds. The van der Waals surface area contributed by atoms with Gasteiger partial charge in [-0.05, 0) is 12.1 Å². The predicted molar refractivity (Wildman–Crippen MR) is 53.6 cm³/mol. The van der Waals surface area contributed by atoms with Crippen molar-refractivity contribution in [1.29, 1.82) is 0 Å². The Morgan fingerprint density at radius 2 is 2.46 bits per heavy atom. The lowest BCUT2D eigenvalue weighted by Gasteiger charge is -2.25. The van der Waals surface area contributed by atoms with Gasteiger partial charge in [0.25, 0.3) is 0 Å². The third kappa shape index (κ3) is 1.64. The summed E-state index contributed by atoms with van der Waals surface area (Å²) in [5.41, 5.74) is 6.12. The quantitative estimate of drug-likeness (QED) is 0.721. The van der Waals surface area contributed by atoms with Crippen molar-refractivity contribution in [2.75, 3.05) is 17.6 Å². The number of para-hydroxylation sites is 1. The van der Waals surface area contributed by atoms with Crippen LogP contribution in [0.3, 0.4) is 0 Å². The van der Waals surface area contributed by atoms with Crippen LogP contribution in [0, 0.1) is 5.82 Å². The molecule has 0 spiro atoms. The number of rotatable bonds is 1. The van der Waals surface area contributed by atoms with Gasteiger partial charge in [-0.2, -0.15) is 0 Å². The van der Waals surface area contributed by atoms with E-state index in [1.54, 1.807) is 17.8 Å². The maximum absolute atomic E-state index is 13.3. The third-order valence-corrected chi connectivity index (χ3v) is 3.27. The van der Waals surface area contributed by atoms with Crippen LogP contribution in [0.25, 0.3) is 0 Å². The average molecular weight is 198 g/mol. The monoisotopic (exact) mass is 198 g/mol. The van der Waals surface area contributed by atoms with Gasteiger partial charge in [-0.25, -0.2) is 4.39 Å². The molecule has 0 fully saturated rings. The van der Waals surface area contributed by atoms with Gasteiger partial charge in [-0.15, -0.1) is 11.8 Å². The Bertz CT molecular complexity index is 316. The summed E-state index contributed by atoms with van der Waals surface area (Å²) < 4.78 is 13.3. The van der Waals surface area contributed by atoms with E-state index in [9.17, 15) is 4.39 Å². The molecule has 0 radical (unpaired) electrons. The first-order valence-corrected chi connectivity index (χ1v) is 5.17. The summed E-state index contributed by atoms with van der Waals surface area (Å²) in [6, 6.07) is 5.30. The number of nitrogens with one attached hydrogen (secondary N) is 1. The van der Waals surface area contributed by atoms with E-state index in [0.717, 1.165) is 10.6 Å². The molecule has 1 aromatic rings. The average Bonchev–Trinajstić information content (AvgIpc) is 2.18. The molecule has 1 atom stereocenters. The number of fused-ring (bicyclic) bond motifs is 1. The molecule has 70 valence electrons. The van der Waals surface area contributed by atoms with Crippen molar-refractivity contribution in [3.8, 4) is 0 Å². The number of anilines is 1. The Labute approximate surface area is 80.7 Å². The smallest absolute Gasteiger partial charge is 0.147 e. The molecule has 1 heterocycles. The molecule has 0 bridgehead atoms. The van der Waals surface area contributed by atoms with Crippen LogP contribution in [0.2, 0.25) is 0 Å². The minimum Gasteiger partial charge on any atom is -0.377 e. The summed E-state index contributed by atoms with van der Waals surface area (Å²) in [7, 11) is 0. The second-order valence-electron chi connectivity index (χ2n) is 3.00. The van der Waals surface area contributed by atoms with Crippen molar-refractivity contribution < 1.29 is 4.39 Å². The van der Waals surface area contributed by atoms with E-state index in [1.807, 2.05) is 6.07 Å². The Morgan fingerprint density at radius 3 is 3.23 bits per heavy atom. The van der Waals surface area contributed by atoms with Gasteiger partial charge in [0.1, 0.15) is 5.82 Å². The first kappa shape index (κ1) is 8.84. The summed E-state index contributed by atoms with van der Waals surface area (Å²) in [6.07, 6.45) is 0. The molecule has 3 N–H and O–H groups in total. The second-order valence-corrected chi connectivity index (χ2v) is 4.06. The fraction of sp³-hybridized carbons (Fsp3) is 0.333. The normalized spacial score (nSPS) is 20.6. The Hall–Kier alpha value is -0.740. The topological polar surface area (TPSA) is 38.0 Å². The zero-order valence-electron chi connectivity index (χ0n) is 7.09. The van der Waals surface area contributed by atoms with Crippen molar-refractivity contribution >= 4 is 17.4 Å². The van der Waals surface area contributed by atoms with Crippen LogP contribution in [0.5, 0.6) is 0 Å². The first-order valence-electron chi connectivity index (χ1n) is 4.19. The third-order valence-electron chi connectivity index (χ3n) is 2.05. The minimum atomic E-state index is -0.192. The van der Waals surface area contributed by atoms with E-state index < -0.39 is 0 Å². The van der Waals surface area contributed by atoms with Crippen LogP contribution in [0.4, 0.5) is 10.1 Å². The molecule has 0 saturated carbocycles. The van der Waals surface area contributed by atoms with Gasteiger partial charge in [0.15, 0.2) is 0 Å². The molecule has 4 heteroatoms.